The van der Waals surface area contributed by atoms with Crippen molar-refractivity contribution < 1.29 is 0 Å². The van der Waals surface area contributed by atoms with Crippen molar-refractivity contribution in [2.75, 3.05) is 0 Å². The van der Waals surface area contributed by atoms with Gasteiger partial charge in [0.15, 0.2) is 0 Å². The molecule has 0 saturated carbocycles. The van der Waals surface area contributed by atoms with Crippen molar-refractivity contribution in [3.05, 3.63) is 30.1 Å². The number of rotatable bonds is 1. The lowest BCUT2D eigenvalue weighted by atomic mass is 10.1. The van der Waals surface area contributed by atoms with E-state index in [0.717, 1.165) is 5.56 Å². The van der Waals surface area contributed by atoms with Crippen LogP contribution in [0.5, 0.6) is 0 Å². The van der Waals surface area contributed by atoms with Gasteiger partial charge in [-0.15, -0.1) is 6.42 Å². The molecule has 1 aromatic heterocycles. The summed E-state index contributed by atoms with van der Waals surface area (Å²) in [5.74, 6) is 2.42. The van der Waals surface area contributed by atoms with Crippen LogP contribution >= 0.6 is 0 Å². The maximum atomic E-state index is 5.52. The zero-order chi connectivity index (χ0) is 7.40. The van der Waals surface area contributed by atoms with Gasteiger partial charge in [0, 0.05) is 12.4 Å². The monoisotopic (exact) mass is 132 g/mol. The van der Waals surface area contributed by atoms with Gasteiger partial charge in [0.1, 0.15) is 0 Å². The molecular weight excluding hydrogens is 124 g/mol. The molecule has 2 N–H and O–H groups in total. The molecule has 10 heavy (non-hydrogen) atoms. The molecule has 1 rings (SSSR count). The first-order chi connectivity index (χ1) is 4.84. The van der Waals surface area contributed by atoms with Gasteiger partial charge >= 0.3 is 0 Å². The topological polar surface area (TPSA) is 38.9 Å². The van der Waals surface area contributed by atoms with E-state index in [4.69, 9.17) is 12.2 Å². The quantitative estimate of drug-likeness (QED) is 0.572. The standard InChI is InChI=1S/C8H8N2/c1-2-8(9)7-4-3-5-10-6-7/h1,3-6,8H,9H2. The van der Waals surface area contributed by atoms with Crippen molar-refractivity contribution in [2.45, 2.75) is 6.04 Å². The molecule has 1 unspecified atom stereocenters. The third-order valence-corrected chi connectivity index (χ3v) is 1.22. The van der Waals surface area contributed by atoms with E-state index in [0.29, 0.717) is 0 Å². The minimum absolute atomic E-state index is 0.325. The minimum atomic E-state index is -0.325. The average molecular weight is 132 g/mol. The summed E-state index contributed by atoms with van der Waals surface area (Å²) in [6.07, 6.45) is 8.46. The van der Waals surface area contributed by atoms with E-state index in [-0.39, 0.29) is 6.04 Å². The molecule has 1 atom stereocenters. The van der Waals surface area contributed by atoms with Crippen molar-refractivity contribution in [3.63, 3.8) is 0 Å². The number of pyridine rings is 1. The van der Waals surface area contributed by atoms with Crippen LogP contribution in [-0.2, 0) is 0 Å². The van der Waals surface area contributed by atoms with Crippen molar-refractivity contribution in [2.24, 2.45) is 5.73 Å². The highest BCUT2D eigenvalue weighted by molar-refractivity contribution is 5.20. The Balaban J connectivity index is 2.88. The van der Waals surface area contributed by atoms with Crippen LogP contribution < -0.4 is 5.73 Å². The van der Waals surface area contributed by atoms with Crippen LogP contribution in [0.15, 0.2) is 24.5 Å². The van der Waals surface area contributed by atoms with E-state index in [1.54, 1.807) is 12.4 Å². The number of hydrogen-bond donors (Lipinski definition) is 1. The van der Waals surface area contributed by atoms with Gasteiger partial charge in [0.05, 0.1) is 6.04 Å². The van der Waals surface area contributed by atoms with E-state index in [1.165, 1.54) is 0 Å². The van der Waals surface area contributed by atoms with Gasteiger partial charge in [-0.05, 0) is 11.6 Å². The molecule has 50 valence electrons. The van der Waals surface area contributed by atoms with Crippen molar-refractivity contribution in [1.82, 2.24) is 4.98 Å². The minimum Gasteiger partial charge on any atom is -0.314 e. The first kappa shape index (κ1) is 6.79. The van der Waals surface area contributed by atoms with Crippen molar-refractivity contribution in [3.8, 4) is 12.3 Å². The molecular formula is C8H8N2. The van der Waals surface area contributed by atoms with Crippen molar-refractivity contribution in [1.29, 1.82) is 0 Å². The molecule has 0 aliphatic rings. The van der Waals surface area contributed by atoms with Gasteiger partial charge < -0.3 is 5.73 Å². The molecule has 0 saturated heterocycles. The number of nitrogens with zero attached hydrogens (tertiary/aromatic N) is 1. The van der Waals surface area contributed by atoms with Crippen LogP contribution in [0.4, 0.5) is 0 Å². The zero-order valence-electron chi connectivity index (χ0n) is 5.49. The SMILES string of the molecule is C#CC(N)c1cccnc1. The first-order valence-corrected chi connectivity index (χ1v) is 2.96. The molecule has 2 nitrogen and oxygen atoms in total. The Bertz CT molecular complexity index is 235. The summed E-state index contributed by atoms with van der Waals surface area (Å²) in [7, 11) is 0. The molecule has 0 aliphatic heterocycles. The van der Waals surface area contributed by atoms with Gasteiger partial charge in [-0.3, -0.25) is 4.98 Å². The summed E-state index contributed by atoms with van der Waals surface area (Å²) in [6, 6.07) is 3.35. The van der Waals surface area contributed by atoms with Crippen LogP contribution in [0.3, 0.4) is 0 Å². The lowest BCUT2D eigenvalue weighted by Crippen LogP contribution is -2.06. The molecule has 0 bridgehead atoms. The summed E-state index contributed by atoms with van der Waals surface area (Å²) in [6.45, 7) is 0. The summed E-state index contributed by atoms with van der Waals surface area (Å²) in [5, 5.41) is 0. The second-order valence-corrected chi connectivity index (χ2v) is 1.93. The van der Waals surface area contributed by atoms with E-state index in [9.17, 15) is 0 Å². The maximum absolute atomic E-state index is 5.52. The van der Waals surface area contributed by atoms with Gasteiger partial charge in [0.25, 0.3) is 0 Å². The Morgan fingerprint density at radius 3 is 3.00 bits per heavy atom. The van der Waals surface area contributed by atoms with Gasteiger partial charge in [-0.25, -0.2) is 0 Å². The third-order valence-electron chi connectivity index (χ3n) is 1.22. The number of nitrogens with two attached hydrogens (primary N) is 1. The first-order valence-electron chi connectivity index (χ1n) is 2.96. The number of aromatic nitrogens is 1. The van der Waals surface area contributed by atoms with E-state index >= 15 is 0 Å². The highest BCUT2D eigenvalue weighted by Gasteiger charge is 1.98. The molecule has 0 aliphatic carbocycles. The van der Waals surface area contributed by atoms with E-state index in [1.807, 2.05) is 12.1 Å². The molecule has 0 fully saturated rings. The van der Waals surface area contributed by atoms with Gasteiger partial charge in [-0.1, -0.05) is 12.0 Å². The van der Waals surface area contributed by atoms with Crippen LogP contribution in [0.25, 0.3) is 0 Å². The molecule has 0 spiro atoms. The van der Waals surface area contributed by atoms with Crippen LogP contribution in [-0.4, -0.2) is 4.98 Å². The normalized spacial score (nSPS) is 12.0. The summed E-state index contributed by atoms with van der Waals surface area (Å²) < 4.78 is 0. The fourth-order valence-corrected chi connectivity index (χ4v) is 0.656. The highest BCUT2D eigenvalue weighted by atomic mass is 14.7. The predicted octanol–water partition coefficient (Wildman–Crippen LogP) is 0.715. The average Bonchev–Trinajstić information content (AvgIpc) is 2.05. The lowest BCUT2D eigenvalue weighted by Gasteiger charge is -2.00. The van der Waals surface area contributed by atoms with E-state index in [2.05, 4.69) is 10.9 Å². The highest BCUT2D eigenvalue weighted by Crippen LogP contribution is 2.04. The summed E-state index contributed by atoms with van der Waals surface area (Å²) in [4.78, 5) is 3.88. The molecule has 1 aromatic rings. The zero-order valence-corrected chi connectivity index (χ0v) is 5.49. The number of terminal acetylenes is 1. The summed E-state index contributed by atoms with van der Waals surface area (Å²) in [5.41, 5.74) is 6.40. The van der Waals surface area contributed by atoms with E-state index < -0.39 is 0 Å². The predicted molar refractivity (Wildman–Crippen MR) is 40.0 cm³/mol. The second-order valence-electron chi connectivity index (χ2n) is 1.93. The second kappa shape index (κ2) is 3.00. The Labute approximate surface area is 60.1 Å². The Morgan fingerprint density at radius 1 is 1.70 bits per heavy atom. The summed E-state index contributed by atoms with van der Waals surface area (Å²) >= 11 is 0. The molecule has 1 heterocycles. The number of hydrogen-bond acceptors (Lipinski definition) is 2. The van der Waals surface area contributed by atoms with Crippen LogP contribution in [0.1, 0.15) is 11.6 Å². The molecule has 2 heteroatoms. The van der Waals surface area contributed by atoms with Crippen LogP contribution in [0.2, 0.25) is 0 Å². The Kier molecular flexibility index (Phi) is 2.03. The molecule has 0 aromatic carbocycles. The Hall–Kier alpha value is -1.33. The fourth-order valence-electron chi connectivity index (χ4n) is 0.656. The third kappa shape index (κ3) is 1.34. The van der Waals surface area contributed by atoms with Crippen LogP contribution in [0, 0.1) is 12.3 Å². The van der Waals surface area contributed by atoms with Gasteiger partial charge in [-0.2, -0.15) is 0 Å². The lowest BCUT2D eigenvalue weighted by molar-refractivity contribution is 0.934. The smallest absolute Gasteiger partial charge is 0.0933 e. The molecule has 0 amide bonds. The van der Waals surface area contributed by atoms with Crippen molar-refractivity contribution >= 4 is 0 Å². The maximum Gasteiger partial charge on any atom is 0.0933 e. The van der Waals surface area contributed by atoms with Gasteiger partial charge in [0.2, 0.25) is 0 Å². The largest absolute Gasteiger partial charge is 0.314 e. The Morgan fingerprint density at radius 2 is 2.50 bits per heavy atom. The fraction of sp³-hybridized carbons (Fsp3) is 0.125. The molecule has 0 radical (unpaired) electrons.